The van der Waals surface area contributed by atoms with Crippen molar-refractivity contribution in [2.24, 2.45) is 0 Å². The first kappa shape index (κ1) is 40.8. The lowest BCUT2D eigenvalue weighted by molar-refractivity contribution is 0.443. The van der Waals surface area contributed by atoms with Gasteiger partial charge >= 0.3 is 0 Å². The molecule has 1 heteroatoms. The molecule has 0 N–H and O–H groups in total. The molecular formula is C64H57N. The minimum absolute atomic E-state index is 0.0688. The molecule has 11 rings (SSSR count). The molecule has 0 aliphatic heterocycles. The van der Waals surface area contributed by atoms with Crippen molar-refractivity contribution < 1.29 is 0 Å². The van der Waals surface area contributed by atoms with Gasteiger partial charge in [-0.25, -0.2) is 0 Å². The van der Waals surface area contributed by atoms with Crippen LogP contribution < -0.4 is 4.90 Å². The fourth-order valence-corrected chi connectivity index (χ4v) is 11.5. The topological polar surface area (TPSA) is 3.24 Å². The van der Waals surface area contributed by atoms with Crippen molar-refractivity contribution in [2.45, 2.75) is 76.5 Å². The average molecular weight is 840 g/mol. The highest BCUT2D eigenvalue weighted by atomic mass is 15.1. The van der Waals surface area contributed by atoms with Crippen LogP contribution in [-0.2, 0) is 10.8 Å². The van der Waals surface area contributed by atoms with Gasteiger partial charge in [0, 0.05) is 16.9 Å². The van der Waals surface area contributed by atoms with E-state index in [1.54, 1.807) is 0 Å². The van der Waals surface area contributed by atoms with Crippen LogP contribution in [0.5, 0.6) is 0 Å². The zero-order chi connectivity index (χ0) is 44.1. The zero-order valence-corrected chi connectivity index (χ0v) is 38.2. The Morgan fingerprint density at radius 2 is 1.05 bits per heavy atom. The summed E-state index contributed by atoms with van der Waals surface area (Å²) in [5.74, 6) is 0.694. The molecule has 0 saturated heterocycles. The van der Waals surface area contributed by atoms with Gasteiger partial charge in [-0.2, -0.15) is 0 Å². The van der Waals surface area contributed by atoms with Crippen LogP contribution in [0.2, 0.25) is 0 Å². The number of anilines is 3. The SMILES string of the molecule is Cc1cccc2c1-c1ccc(N(c3ccc(-c4ccc(C5CCCCC5)cc4)cc3)c3cc4ccccc4cc3-c3ccccc3C(C)(C)C)cc1C2(c1ccccc1)c1ccccc1. The molecule has 0 bridgehead atoms. The van der Waals surface area contributed by atoms with Gasteiger partial charge in [-0.05, 0) is 145 Å². The second-order valence-corrected chi connectivity index (χ2v) is 19.6. The van der Waals surface area contributed by atoms with Crippen molar-refractivity contribution in [3.05, 3.63) is 245 Å². The summed E-state index contributed by atoms with van der Waals surface area (Å²) in [7, 11) is 0. The van der Waals surface area contributed by atoms with Crippen molar-refractivity contribution in [1.29, 1.82) is 0 Å². The van der Waals surface area contributed by atoms with Crippen LogP contribution in [0.25, 0.3) is 44.2 Å². The summed E-state index contributed by atoms with van der Waals surface area (Å²) < 4.78 is 0. The predicted molar refractivity (Wildman–Crippen MR) is 276 cm³/mol. The lowest BCUT2D eigenvalue weighted by atomic mass is 9.67. The largest absolute Gasteiger partial charge is 0.310 e. The van der Waals surface area contributed by atoms with Crippen LogP contribution in [0.3, 0.4) is 0 Å². The fraction of sp³-hybridized carbons (Fsp3) is 0.188. The summed E-state index contributed by atoms with van der Waals surface area (Å²) in [5, 5.41) is 2.44. The van der Waals surface area contributed by atoms with E-state index in [0.717, 1.165) is 17.1 Å². The number of aryl methyl sites for hydroxylation is 1. The average Bonchev–Trinajstić information content (AvgIpc) is 3.66. The van der Waals surface area contributed by atoms with E-state index in [1.165, 1.54) is 115 Å². The van der Waals surface area contributed by atoms with Crippen molar-refractivity contribution in [1.82, 2.24) is 0 Å². The number of nitrogens with zero attached hydrogens (tertiary/aromatic N) is 1. The quantitative estimate of drug-likeness (QED) is 0.147. The van der Waals surface area contributed by atoms with Gasteiger partial charge in [-0.3, -0.25) is 0 Å². The molecule has 0 atom stereocenters. The van der Waals surface area contributed by atoms with Gasteiger partial charge in [0.2, 0.25) is 0 Å². The van der Waals surface area contributed by atoms with Gasteiger partial charge in [-0.1, -0.05) is 210 Å². The maximum Gasteiger partial charge on any atom is 0.0714 e. The standard InChI is InChI=1S/C64H57N/c1-44-19-18-30-59-62(44)56-40-39-54(43-60(56)64(59,51-24-10-6-11-25-51)52-26-12-7-13-27-52)65(53-37-35-48(36-38-53)47-33-31-46(32-34-47)45-20-8-5-9-21-45)61-42-50-23-15-14-22-49(50)41-57(61)55-28-16-17-29-58(55)63(2,3)4/h6-7,10-19,22-43,45H,5,8-9,20-21H2,1-4H3. The lowest BCUT2D eigenvalue weighted by Gasteiger charge is -2.35. The van der Waals surface area contributed by atoms with Crippen LogP contribution in [0, 0.1) is 6.92 Å². The van der Waals surface area contributed by atoms with E-state index >= 15 is 0 Å². The number of hydrogen-bond donors (Lipinski definition) is 0. The maximum atomic E-state index is 2.54. The van der Waals surface area contributed by atoms with Gasteiger partial charge in [0.25, 0.3) is 0 Å². The van der Waals surface area contributed by atoms with E-state index in [2.05, 4.69) is 239 Å². The van der Waals surface area contributed by atoms with Crippen LogP contribution in [0.4, 0.5) is 17.1 Å². The van der Waals surface area contributed by atoms with E-state index in [9.17, 15) is 0 Å². The maximum absolute atomic E-state index is 2.54. The summed E-state index contributed by atoms with van der Waals surface area (Å²) in [4.78, 5) is 2.54. The zero-order valence-electron chi connectivity index (χ0n) is 38.2. The van der Waals surface area contributed by atoms with E-state index < -0.39 is 5.41 Å². The number of rotatable bonds is 8. The summed E-state index contributed by atoms with van der Waals surface area (Å²) in [6, 6.07) is 78.0. The molecule has 0 unspecified atom stereocenters. The Hall–Kier alpha value is -6.96. The molecule has 2 aliphatic rings. The first-order chi connectivity index (χ1) is 31.8. The van der Waals surface area contributed by atoms with E-state index in [1.807, 2.05) is 0 Å². The highest BCUT2D eigenvalue weighted by Crippen LogP contribution is 2.58. The Morgan fingerprint density at radius 3 is 1.71 bits per heavy atom. The van der Waals surface area contributed by atoms with Gasteiger partial charge in [-0.15, -0.1) is 0 Å². The molecule has 0 heterocycles. The molecule has 0 aromatic heterocycles. The van der Waals surface area contributed by atoms with Crippen molar-refractivity contribution >= 4 is 27.8 Å². The van der Waals surface area contributed by atoms with Gasteiger partial charge in [0.05, 0.1) is 11.1 Å². The van der Waals surface area contributed by atoms with E-state index in [4.69, 9.17) is 0 Å². The molecular weight excluding hydrogens is 783 g/mol. The molecule has 1 nitrogen and oxygen atoms in total. The third-order valence-electron chi connectivity index (χ3n) is 14.6. The Labute approximate surface area is 386 Å². The minimum atomic E-state index is -0.528. The number of fused-ring (bicyclic) bond motifs is 4. The van der Waals surface area contributed by atoms with Gasteiger partial charge in [0.15, 0.2) is 0 Å². The molecule has 9 aromatic carbocycles. The Balaban J connectivity index is 1.16. The van der Waals surface area contributed by atoms with Gasteiger partial charge < -0.3 is 4.90 Å². The smallest absolute Gasteiger partial charge is 0.0714 e. The summed E-state index contributed by atoms with van der Waals surface area (Å²) in [6.45, 7) is 9.26. The van der Waals surface area contributed by atoms with E-state index in [0.29, 0.717) is 5.92 Å². The predicted octanol–water partition coefficient (Wildman–Crippen LogP) is 17.7. The summed E-state index contributed by atoms with van der Waals surface area (Å²) in [5.41, 5.74) is 19.7. The van der Waals surface area contributed by atoms with Crippen LogP contribution in [-0.4, -0.2) is 0 Å². The lowest BCUT2D eigenvalue weighted by Crippen LogP contribution is -2.28. The first-order valence-electron chi connectivity index (χ1n) is 23.8. The first-order valence-corrected chi connectivity index (χ1v) is 23.8. The van der Waals surface area contributed by atoms with Gasteiger partial charge in [0.1, 0.15) is 0 Å². The normalized spacial score (nSPS) is 14.5. The summed E-state index contributed by atoms with van der Waals surface area (Å²) in [6.07, 6.45) is 6.70. The van der Waals surface area contributed by atoms with Crippen LogP contribution >= 0.6 is 0 Å². The molecule has 0 radical (unpaired) electrons. The molecule has 1 saturated carbocycles. The highest BCUT2D eigenvalue weighted by molar-refractivity contribution is 6.00. The van der Waals surface area contributed by atoms with Crippen molar-refractivity contribution in [3.63, 3.8) is 0 Å². The third-order valence-corrected chi connectivity index (χ3v) is 14.6. The second kappa shape index (κ2) is 16.5. The Morgan fingerprint density at radius 1 is 0.462 bits per heavy atom. The Kier molecular flexibility index (Phi) is 10.4. The molecule has 9 aromatic rings. The highest BCUT2D eigenvalue weighted by Gasteiger charge is 2.47. The molecule has 0 spiro atoms. The second-order valence-electron chi connectivity index (χ2n) is 19.6. The molecule has 1 fully saturated rings. The Bertz CT molecular complexity index is 3110. The van der Waals surface area contributed by atoms with Crippen LogP contribution in [0.1, 0.15) is 97.7 Å². The minimum Gasteiger partial charge on any atom is -0.310 e. The molecule has 2 aliphatic carbocycles. The third kappa shape index (κ3) is 7.10. The molecule has 65 heavy (non-hydrogen) atoms. The monoisotopic (exact) mass is 839 g/mol. The van der Waals surface area contributed by atoms with E-state index in [-0.39, 0.29) is 5.41 Å². The number of benzene rings is 9. The van der Waals surface area contributed by atoms with Crippen molar-refractivity contribution in [2.75, 3.05) is 4.90 Å². The fourth-order valence-electron chi connectivity index (χ4n) is 11.5. The number of hydrogen-bond acceptors (Lipinski definition) is 1. The molecule has 318 valence electrons. The van der Waals surface area contributed by atoms with Crippen molar-refractivity contribution in [3.8, 4) is 33.4 Å². The molecule has 0 amide bonds. The van der Waals surface area contributed by atoms with Crippen LogP contribution in [0.15, 0.2) is 206 Å². The summed E-state index contributed by atoms with van der Waals surface area (Å²) >= 11 is 0.